The second-order valence-corrected chi connectivity index (χ2v) is 8.28. The number of nitrogens with zero attached hydrogens (tertiary/aromatic N) is 1. The predicted molar refractivity (Wildman–Crippen MR) is 90.1 cm³/mol. The van der Waals surface area contributed by atoms with Gasteiger partial charge < -0.3 is 4.90 Å². The lowest BCUT2D eigenvalue weighted by atomic mass is 9.89. The number of primary sulfonamides is 1. The molecule has 0 amide bonds. The highest BCUT2D eigenvalue weighted by Gasteiger charge is 2.19. The second-order valence-electron chi connectivity index (χ2n) is 6.72. The SMILES string of the molecule is CC(C)C1CCCN(CCc2ccc(S(N)(=O)=O)cc2)CC1. The Morgan fingerprint density at radius 1 is 1.18 bits per heavy atom. The summed E-state index contributed by atoms with van der Waals surface area (Å²) in [6.07, 6.45) is 4.88. The van der Waals surface area contributed by atoms with Crippen molar-refractivity contribution >= 4 is 10.0 Å². The monoisotopic (exact) mass is 324 g/mol. The molecule has 1 atom stereocenters. The van der Waals surface area contributed by atoms with Crippen LogP contribution in [-0.4, -0.2) is 33.0 Å². The van der Waals surface area contributed by atoms with E-state index in [4.69, 9.17) is 5.14 Å². The fourth-order valence-electron chi connectivity index (χ4n) is 3.20. The van der Waals surface area contributed by atoms with Gasteiger partial charge in [-0.2, -0.15) is 0 Å². The Kier molecular flexibility index (Phi) is 6.01. The van der Waals surface area contributed by atoms with Gasteiger partial charge in [-0.3, -0.25) is 0 Å². The van der Waals surface area contributed by atoms with Crippen molar-refractivity contribution in [2.45, 2.75) is 44.4 Å². The van der Waals surface area contributed by atoms with Crippen LogP contribution in [-0.2, 0) is 16.4 Å². The first kappa shape index (κ1) is 17.4. The van der Waals surface area contributed by atoms with Crippen molar-refractivity contribution < 1.29 is 8.42 Å². The van der Waals surface area contributed by atoms with Crippen molar-refractivity contribution in [1.29, 1.82) is 0 Å². The number of likely N-dealkylation sites (tertiary alicyclic amines) is 1. The molecule has 4 nitrogen and oxygen atoms in total. The molecule has 0 radical (unpaired) electrons. The number of nitrogens with two attached hydrogens (primary N) is 1. The van der Waals surface area contributed by atoms with Crippen molar-refractivity contribution in [2.24, 2.45) is 17.0 Å². The lowest BCUT2D eigenvalue weighted by Gasteiger charge is -2.21. The average Bonchev–Trinajstić information content (AvgIpc) is 2.70. The normalized spacial score (nSPS) is 21.0. The Hall–Kier alpha value is -0.910. The molecular weight excluding hydrogens is 296 g/mol. The van der Waals surface area contributed by atoms with E-state index >= 15 is 0 Å². The molecule has 2 rings (SSSR count). The van der Waals surface area contributed by atoms with E-state index in [1.54, 1.807) is 12.1 Å². The molecule has 5 heteroatoms. The van der Waals surface area contributed by atoms with E-state index in [9.17, 15) is 8.42 Å². The predicted octanol–water partition coefficient (Wildman–Crippen LogP) is 2.63. The summed E-state index contributed by atoms with van der Waals surface area (Å²) < 4.78 is 22.5. The summed E-state index contributed by atoms with van der Waals surface area (Å²) in [5.74, 6) is 1.64. The van der Waals surface area contributed by atoms with Gasteiger partial charge >= 0.3 is 0 Å². The first-order valence-electron chi connectivity index (χ1n) is 8.20. The topological polar surface area (TPSA) is 63.4 Å². The standard InChI is InChI=1S/C17H28N2O2S/c1-14(2)16-4-3-11-19(13-10-16)12-9-15-5-7-17(8-6-15)22(18,20)21/h5-8,14,16H,3-4,9-13H2,1-2H3,(H2,18,20,21). The van der Waals surface area contributed by atoms with Gasteiger partial charge in [-0.25, -0.2) is 13.6 Å². The minimum absolute atomic E-state index is 0.186. The van der Waals surface area contributed by atoms with E-state index < -0.39 is 10.0 Å². The van der Waals surface area contributed by atoms with Gasteiger partial charge in [0.15, 0.2) is 0 Å². The molecule has 1 fully saturated rings. The van der Waals surface area contributed by atoms with Gasteiger partial charge in [0.1, 0.15) is 0 Å². The van der Waals surface area contributed by atoms with Crippen molar-refractivity contribution in [3.63, 3.8) is 0 Å². The van der Waals surface area contributed by atoms with Crippen LogP contribution in [0.15, 0.2) is 29.2 Å². The van der Waals surface area contributed by atoms with Gasteiger partial charge in [0.05, 0.1) is 4.90 Å². The van der Waals surface area contributed by atoms with E-state index in [2.05, 4.69) is 18.7 Å². The fourth-order valence-corrected chi connectivity index (χ4v) is 3.72. The van der Waals surface area contributed by atoms with Crippen molar-refractivity contribution in [3.05, 3.63) is 29.8 Å². The van der Waals surface area contributed by atoms with E-state index in [0.717, 1.165) is 30.4 Å². The van der Waals surface area contributed by atoms with E-state index in [1.165, 1.54) is 32.4 Å². The quantitative estimate of drug-likeness (QED) is 0.905. The minimum atomic E-state index is -3.58. The summed E-state index contributed by atoms with van der Waals surface area (Å²) in [6, 6.07) is 6.94. The molecule has 0 aliphatic carbocycles. The summed E-state index contributed by atoms with van der Waals surface area (Å²) in [5, 5.41) is 5.12. The summed E-state index contributed by atoms with van der Waals surface area (Å²) in [7, 11) is -3.58. The average molecular weight is 324 g/mol. The first-order chi connectivity index (χ1) is 10.4. The second kappa shape index (κ2) is 7.57. The molecule has 0 saturated carbocycles. The molecule has 1 aliphatic rings. The van der Waals surface area contributed by atoms with Crippen LogP contribution in [0.4, 0.5) is 0 Å². The van der Waals surface area contributed by atoms with E-state index in [1.807, 2.05) is 12.1 Å². The third kappa shape index (κ3) is 5.07. The van der Waals surface area contributed by atoms with Gasteiger partial charge in [-0.05, 0) is 68.3 Å². The largest absolute Gasteiger partial charge is 0.303 e. The Morgan fingerprint density at radius 3 is 2.45 bits per heavy atom. The molecule has 124 valence electrons. The van der Waals surface area contributed by atoms with Gasteiger partial charge in [-0.1, -0.05) is 26.0 Å². The number of sulfonamides is 1. The van der Waals surface area contributed by atoms with Gasteiger partial charge in [-0.15, -0.1) is 0 Å². The number of hydrogen-bond donors (Lipinski definition) is 1. The Labute approximate surface area is 134 Å². The Bertz CT molecular complexity index is 567. The highest BCUT2D eigenvalue weighted by molar-refractivity contribution is 7.89. The van der Waals surface area contributed by atoms with Crippen molar-refractivity contribution in [2.75, 3.05) is 19.6 Å². The van der Waals surface area contributed by atoms with Crippen LogP contribution in [0.25, 0.3) is 0 Å². The van der Waals surface area contributed by atoms with Crippen molar-refractivity contribution in [3.8, 4) is 0 Å². The van der Waals surface area contributed by atoms with Gasteiger partial charge in [0, 0.05) is 6.54 Å². The lowest BCUT2D eigenvalue weighted by molar-refractivity contribution is 0.275. The zero-order valence-electron chi connectivity index (χ0n) is 13.7. The molecule has 0 bridgehead atoms. The molecular formula is C17H28N2O2S. The van der Waals surface area contributed by atoms with Gasteiger partial charge in [0.2, 0.25) is 10.0 Å². The third-order valence-electron chi connectivity index (χ3n) is 4.78. The number of hydrogen-bond acceptors (Lipinski definition) is 3. The molecule has 1 aromatic rings. The maximum atomic E-state index is 11.2. The molecule has 1 saturated heterocycles. The minimum Gasteiger partial charge on any atom is -0.303 e. The van der Waals surface area contributed by atoms with Crippen LogP contribution in [0.3, 0.4) is 0 Å². The molecule has 1 unspecified atom stereocenters. The van der Waals surface area contributed by atoms with Crippen LogP contribution < -0.4 is 5.14 Å². The zero-order valence-corrected chi connectivity index (χ0v) is 14.5. The van der Waals surface area contributed by atoms with Crippen LogP contribution in [0.5, 0.6) is 0 Å². The molecule has 1 aromatic carbocycles. The summed E-state index contributed by atoms with van der Waals surface area (Å²) >= 11 is 0. The van der Waals surface area contributed by atoms with E-state index in [0.29, 0.717) is 0 Å². The molecule has 0 aromatic heterocycles. The molecule has 1 heterocycles. The lowest BCUT2D eigenvalue weighted by Crippen LogP contribution is -2.27. The maximum Gasteiger partial charge on any atom is 0.238 e. The fraction of sp³-hybridized carbons (Fsp3) is 0.647. The van der Waals surface area contributed by atoms with Crippen molar-refractivity contribution in [1.82, 2.24) is 4.90 Å². The van der Waals surface area contributed by atoms with E-state index in [-0.39, 0.29) is 4.90 Å². The smallest absolute Gasteiger partial charge is 0.238 e. The molecule has 22 heavy (non-hydrogen) atoms. The maximum absolute atomic E-state index is 11.2. The molecule has 1 aliphatic heterocycles. The number of benzene rings is 1. The van der Waals surface area contributed by atoms with Crippen LogP contribution in [0, 0.1) is 11.8 Å². The highest BCUT2D eigenvalue weighted by Crippen LogP contribution is 2.24. The Balaban J connectivity index is 1.85. The first-order valence-corrected chi connectivity index (χ1v) is 9.75. The summed E-state index contributed by atoms with van der Waals surface area (Å²) in [4.78, 5) is 2.72. The summed E-state index contributed by atoms with van der Waals surface area (Å²) in [6.45, 7) is 8.05. The Morgan fingerprint density at radius 2 is 1.86 bits per heavy atom. The third-order valence-corrected chi connectivity index (χ3v) is 5.71. The number of rotatable bonds is 5. The van der Waals surface area contributed by atoms with Crippen LogP contribution >= 0.6 is 0 Å². The zero-order chi connectivity index (χ0) is 16.2. The highest BCUT2D eigenvalue weighted by atomic mass is 32.2. The molecule has 2 N–H and O–H groups in total. The van der Waals surface area contributed by atoms with Crippen LogP contribution in [0.1, 0.15) is 38.7 Å². The van der Waals surface area contributed by atoms with Gasteiger partial charge in [0.25, 0.3) is 0 Å². The molecule has 0 spiro atoms. The summed E-state index contributed by atoms with van der Waals surface area (Å²) in [5.41, 5.74) is 1.16. The van der Waals surface area contributed by atoms with Crippen LogP contribution in [0.2, 0.25) is 0 Å².